The highest BCUT2D eigenvalue weighted by atomic mass is 16.6. The topological polar surface area (TPSA) is 49.8 Å². The standard InChI is InChI=1S/C15H21NO3/c1-15(2,3)19-14(18)16-9-5-7-12-11(10-17)6-4-8-13(12)16/h4,6,8,17H,5,7,9-10H2,1-3H3. The van der Waals surface area contributed by atoms with Crippen molar-refractivity contribution in [2.75, 3.05) is 11.4 Å². The fraction of sp³-hybridized carbons (Fsp3) is 0.533. The molecule has 2 rings (SSSR count). The highest BCUT2D eigenvalue weighted by Gasteiger charge is 2.27. The van der Waals surface area contributed by atoms with Gasteiger partial charge in [-0.05, 0) is 50.8 Å². The first-order chi connectivity index (χ1) is 8.92. The Morgan fingerprint density at radius 2 is 2.16 bits per heavy atom. The Morgan fingerprint density at radius 1 is 1.42 bits per heavy atom. The minimum atomic E-state index is -0.497. The van der Waals surface area contributed by atoms with Gasteiger partial charge < -0.3 is 9.84 Å². The molecular formula is C15H21NO3. The molecule has 0 atom stereocenters. The number of aliphatic hydroxyl groups excluding tert-OH is 1. The van der Waals surface area contributed by atoms with Crippen LogP contribution in [0.2, 0.25) is 0 Å². The minimum Gasteiger partial charge on any atom is -0.443 e. The third kappa shape index (κ3) is 3.07. The molecule has 0 aliphatic carbocycles. The van der Waals surface area contributed by atoms with Crippen LogP contribution in [0.4, 0.5) is 10.5 Å². The quantitative estimate of drug-likeness (QED) is 0.847. The fourth-order valence-electron chi connectivity index (χ4n) is 2.35. The number of carbonyl (C=O) groups is 1. The van der Waals surface area contributed by atoms with E-state index in [0.717, 1.165) is 29.7 Å². The molecule has 0 radical (unpaired) electrons. The fourth-order valence-corrected chi connectivity index (χ4v) is 2.35. The predicted octanol–water partition coefficient (Wildman–Crippen LogP) is 2.87. The molecule has 0 saturated heterocycles. The van der Waals surface area contributed by atoms with E-state index in [1.54, 1.807) is 4.90 Å². The van der Waals surface area contributed by atoms with Gasteiger partial charge in [0, 0.05) is 6.54 Å². The van der Waals surface area contributed by atoms with Gasteiger partial charge in [0.05, 0.1) is 12.3 Å². The average molecular weight is 263 g/mol. The molecule has 1 aliphatic heterocycles. The maximum atomic E-state index is 12.2. The van der Waals surface area contributed by atoms with Crippen molar-refractivity contribution in [1.82, 2.24) is 0 Å². The van der Waals surface area contributed by atoms with E-state index < -0.39 is 5.60 Å². The smallest absolute Gasteiger partial charge is 0.414 e. The van der Waals surface area contributed by atoms with Crippen molar-refractivity contribution in [3.63, 3.8) is 0 Å². The van der Waals surface area contributed by atoms with Gasteiger partial charge in [-0.3, -0.25) is 4.90 Å². The van der Waals surface area contributed by atoms with Gasteiger partial charge in [0.2, 0.25) is 0 Å². The summed E-state index contributed by atoms with van der Waals surface area (Å²) in [4.78, 5) is 13.9. The number of anilines is 1. The zero-order valence-corrected chi connectivity index (χ0v) is 11.8. The van der Waals surface area contributed by atoms with Crippen LogP contribution in [0.3, 0.4) is 0 Å². The van der Waals surface area contributed by atoms with Gasteiger partial charge in [0.15, 0.2) is 0 Å². The monoisotopic (exact) mass is 263 g/mol. The lowest BCUT2D eigenvalue weighted by Crippen LogP contribution is -2.40. The maximum absolute atomic E-state index is 12.2. The SMILES string of the molecule is CC(C)(C)OC(=O)N1CCCc2c(CO)cccc21. The zero-order chi connectivity index (χ0) is 14.0. The summed E-state index contributed by atoms with van der Waals surface area (Å²) in [6.45, 7) is 6.25. The zero-order valence-electron chi connectivity index (χ0n) is 11.8. The first-order valence-corrected chi connectivity index (χ1v) is 6.64. The molecule has 1 N–H and O–H groups in total. The van der Waals surface area contributed by atoms with E-state index in [1.165, 1.54) is 0 Å². The second kappa shape index (κ2) is 5.21. The number of carbonyl (C=O) groups excluding carboxylic acids is 1. The molecule has 4 nitrogen and oxygen atoms in total. The number of nitrogens with zero attached hydrogens (tertiary/aromatic N) is 1. The van der Waals surface area contributed by atoms with E-state index in [0.29, 0.717) is 6.54 Å². The minimum absolute atomic E-state index is 0.00529. The molecule has 0 aromatic heterocycles. The lowest BCUT2D eigenvalue weighted by Gasteiger charge is -2.32. The van der Waals surface area contributed by atoms with Crippen molar-refractivity contribution in [1.29, 1.82) is 0 Å². The van der Waals surface area contributed by atoms with E-state index in [9.17, 15) is 9.90 Å². The molecule has 1 heterocycles. The summed E-state index contributed by atoms with van der Waals surface area (Å²) >= 11 is 0. The summed E-state index contributed by atoms with van der Waals surface area (Å²) in [6.07, 6.45) is 1.47. The van der Waals surface area contributed by atoms with Gasteiger partial charge in [-0.1, -0.05) is 12.1 Å². The van der Waals surface area contributed by atoms with Gasteiger partial charge in [-0.25, -0.2) is 4.79 Å². The first kappa shape index (κ1) is 13.9. The summed E-state index contributed by atoms with van der Waals surface area (Å²) in [5.41, 5.74) is 2.32. The molecule has 0 saturated carbocycles. The molecule has 104 valence electrons. The van der Waals surface area contributed by atoms with E-state index in [1.807, 2.05) is 39.0 Å². The second-order valence-electron chi connectivity index (χ2n) is 5.81. The Kier molecular flexibility index (Phi) is 3.80. The molecule has 1 aromatic rings. The first-order valence-electron chi connectivity index (χ1n) is 6.64. The number of hydrogen-bond acceptors (Lipinski definition) is 3. The van der Waals surface area contributed by atoms with Crippen LogP contribution in [0.1, 0.15) is 38.3 Å². The number of amides is 1. The number of hydrogen-bond donors (Lipinski definition) is 1. The maximum Gasteiger partial charge on any atom is 0.414 e. The normalized spacial score (nSPS) is 15.1. The van der Waals surface area contributed by atoms with E-state index in [2.05, 4.69) is 0 Å². The molecule has 0 bridgehead atoms. The van der Waals surface area contributed by atoms with Gasteiger partial charge >= 0.3 is 6.09 Å². The van der Waals surface area contributed by atoms with Crippen molar-refractivity contribution in [2.45, 2.75) is 45.8 Å². The summed E-state index contributed by atoms with van der Waals surface area (Å²) in [5, 5.41) is 9.37. The molecule has 0 fully saturated rings. The average Bonchev–Trinajstić information content (AvgIpc) is 2.35. The number of fused-ring (bicyclic) bond motifs is 1. The molecule has 1 aromatic carbocycles. The summed E-state index contributed by atoms with van der Waals surface area (Å²) in [5.74, 6) is 0. The third-order valence-corrected chi connectivity index (χ3v) is 3.13. The molecule has 19 heavy (non-hydrogen) atoms. The number of ether oxygens (including phenoxy) is 1. The lowest BCUT2D eigenvalue weighted by molar-refractivity contribution is 0.0577. The van der Waals surface area contributed by atoms with Crippen molar-refractivity contribution in [3.05, 3.63) is 29.3 Å². The molecular weight excluding hydrogens is 242 g/mol. The van der Waals surface area contributed by atoms with Crippen LogP contribution in [0, 0.1) is 0 Å². The van der Waals surface area contributed by atoms with Gasteiger partial charge in [-0.2, -0.15) is 0 Å². The Hall–Kier alpha value is -1.55. The second-order valence-corrected chi connectivity index (χ2v) is 5.81. The van der Waals surface area contributed by atoms with Crippen LogP contribution in [0.15, 0.2) is 18.2 Å². The molecule has 4 heteroatoms. The summed E-state index contributed by atoms with van der Waals surface area (Å²) in [7, 11) is 0. The number of rotatable bonds is 1. The van der Waals surface area contributed by atoms with Crippen LogP contribution < -0.4 is 4.90 Å². The van der Waals surface area contributed by atoms with Crippen molar-refractivity contribution >= 4 is 11.8 Å². The third-order valence-electron chi connectivity index (χ3n) is 3.13. The Balaban J connectivity index is 2.30. The highest BCUT2D eigenvalue weighted by Crippen LogP contribution is 2.31. The van der Waals surface area contributed by atoms with Crippen LogP contribution in [-0.4, -0.2) is 23.3 Å². The van der Waals surface area contributed by atoms with Crippen molar-refractivity contribution in [3.8, 4) is 0 Å². The summed E-state index contributed by atoms with van der Waals surface area (Å²) in [6, 6.07) is 5.68. The van der Waals surface area contributed by atoms with Gasteiger partial charge in [0.25, 0.3) is 0 Å². The van der Waals surface area contributed by atoms with Crippen molar-refractivity contribution < 1.29 is 14.6 Å². The molecule has 0 unspecified atom stereocenters. The predicted molar refractivity (Wildman–Crippen MR) is 74.3 cm³/mol. The molecule has 1 amide bonds. The molecule has 1 aliphatic rings. The van der Waals surface area contributed by atoms with E-state index >= 15 is 0 Å². The highest BCUT2D eigenvalue weighted by molar-refractivity contribution is 5.89. The van der Waals surface area contributed by atoms with Crippen LogP contribution >= 0.6 is 0 Å². The van der Waals surface area contributed by atoms with Crippen molar-refractivity contribution in [2.24, 2.45) is 0 Å². The lowest BCUT2D eigenvalue weighted by atomic mass is 9.97. The summed E-state index contributed by atoms with van der Waals surface area (Å²) < 4.78 is 5.43. The van der Waals surface area contributed by atoms with Crippen LogP contribution in [-0.2, 0) is 17.8 Å². The number of benzene rings is 1. The van der Waals surface area contributed by atoms with Crippen LogP contribution in [0.5, 0.6) is 0 Å². The molecule has 0 spiro atoms. The Bertz CT molecular complexity index is 477. The Labute approximate surface area is 114 Å². The van der Waals surface area contributed by atoms with Crippen LogP contribution in [0.25, 0.3) is 0 Å². The van der Waals surface area contributed by atoms with E-state index in [-0.39, 0.29) is 12.7 Å². The number of aliphatic hydroxyl groups is 1. The van der Waals surface area contributed by atoms with Gasteiger partial charge in [0.1, 0.15) is 5.60 Å². The Morgan fingerprint density at radius 3 is 2.79 bits per heavy atom. The van der Waals surface area contributed by atoms with Gasteiger partial charge in [-0.15, -0.1) is 0 Å². The van der Waals surface area contributed by atoms with E-state index in [4.69, 9.17) is 4.74 Å². The largest absolute Gasteiger partial charge is 0.443 e.